The quantitative estimate of drug-likeness (QED) is 0.474. The highest BCUT2D eigenvalue weighted by Gasteiger charge is 2.17. The normalized spacial score (nSPS) is 12.0. The molecule has 2 aromatic carbocycles. The van der Waals surface area contributed by atoms with Gasteiger partial charge in [0.15, 0.2) is 0 Å². The van der Waals surface area contributed by atoms with Crippen LogP contribution >= 0.6 is 11.6 Å². The predicted octanol–water partition coefficient (Wildman–Crippen LogP) is 5.04. The van der Waals surface area contributed by atoms with Crippen LogP contribution in [0.1, 0.15) is 24.1 Å². The van der Waals surface area contributed by atoms with Crippen molar-refractivity contribution in [1.29, 1.82) is 0 Å². The summed E-state index contributed by atoms with van der Waals surface area (Å²) in [5.41, 5.74) is 3.69. The van der Waals surface area contributed by atoms with Gasteiger partial charge in [-0.05, 0) is 43.7 Å². The average Bonchev–Trinajstić information content (AvgIpc) is 3.37. The molecule has 1 N–H and O–H groups in total. The minimum absolute atomic E-state index is 0.0880. The molecule has 2 aromatic heterocycles. The Morgan fingerprint density at radius 1 is 1.17 bits per heavy atom. The highest BCUT2D eigenvalue weighted by molar-refractivity contribution is 6.30. The Hall–Kier alpha value is -3.38. The van der Waals surface area contributed by atoms with Gasteiger partial charge in [0.05, 0.1) is 6.04 Å². The lowest BCUT2D eigenvalue weighted by atomic mass is 10.1. The highest BCUT2D eigenvalue weighted by atomic mass is 35.5. The molecule has 30 heavy (non-hydrogen) atoms. The molecular formula is C23H21ClN4O2. The van der Waals surface area contributed by atoms with Crippen molar-refractivity contribution in [3.63, 3.8) is 0 Å². The highest BCUT2D eigenvalue weighted by Crippen LogP contribution is 2.24. The van der Waals surface area contributed by atoms with Gasteiger partial charge in [-0.25, -0.2) is 0 Å². The van der Waals surface area contributed by atoms with Gasteiger partial charge < -0.3 is 14.4 Å². The van der Waals surface area contributed by atoms with Gasteiger partial charge in [0.25, 0.3) is 5.89 Å². The fourth-order valence-corrected chi connectivity index (χ4v) is 3.39. The molecule has 6 nitrogen and oxygen atoms in total. The summed E-state index contributed by atoms with van der Waals surface area (Å²) >= 11 is 6.04. The Morgan fingerprint density at radius 3 is 2.73 bits per heavy atom. The number of hydrogen-bond acceptors (Lipinski definition) is 4. The lowest BCUT2D eigenvalue weighted by molar-refractivity contribution is -0.122. The Balaban J connectivity index is 1.47. The number of carbonyl (C=O) groups is 1. The Kier molecular flexibility index (Phi) is 5.68. The fourth-order valence-electron chi connectivity index (χ4n) is 3.20. The zero-order chi connectivity index (χ0) is 21.1. The summed E-state index contributed by atoms with van der Waals surface area (Å²) in [6.07, 6.45) is 1.81. The molecule has 2 heterocycles. The topological polar surface area (TPSA) is 73.0 Å². The summed E-state index contributed by atoms with van der Waals surface area (Å²) in [6, 6.07) is 19.0. The van der Waals surface area contributed by atoms with E-state index in [2.05, 4.69) is 15.5 Å². The van der Waals surface area contributed by atoms with E-state index in [1.165, 1.54) is 5.56 Å². The first kappa shape index (κ1) is 19.9. The minimum atomic E-state index is -0.102. The third kappa shape index (κ3) is 4.44. The molecule has 7 heteroatoms. The fraction of sp³-hybridized carbons (Fsp3) is 0.174. The van der Waals surface area contributed by atoms with Gasteiger partial charge in [-0.15, -0.1) is 0 Å². The number of aromatic nitrogens is 3. The van der Waals surface area contributed by atoms with Gasteiger partial charge in [0.1, 0.15) is 12.2 Å². The van der Waals surface area contributed by atoms with Gasteiger partial charge in [0, 0.05) is 16.8 Å². The van der Waals surface area contributed by atoms with E-state index >= 15 is 0 Å². The summed E-state index contributed by atoms with van der Waals surface area (Å²) in [5.74, 6) is 0.683. The van der Waals surface area contributed by atoms with E-state index in [0.717, 1.165) is 11.1 Å². The summed E-state index contributed by atoms with van der Waals surface area (Å²) in [6.45, 7) is 4.15. The van der Waals surface area contributed by atoms with Crippen LogP contribution in [0.2, 0.25) is 5.02 Å². The predicted molar refractivity (Wildman–Crippen MR) is 116 cm³/mol. The number of halogens is 1. The second kappa shape index (κ2) is 8.55. The lowest BCUT2D eigenvalue weighted by Gasteiger charge is -2.15. The Bertz CT molecular complexity index is 1160. The van der Waals surface area contributed by atoms with E-state index < -0.39 is 0 Å². The number of benzene rings is 2. The van der Waals surface area contributed by atoms with Crippen molar-refractivity contribution in [1.82, 2.24) is 20.0 Å². The summed E-state index contributed by atoms with van der Waals surface area (Å²) < 4.78 is 7.21. The van der Waals surface area contributed by atoms with Crippen LogP contribution in [-0.2, 0) is 11.3 Å². The SMILES string of the molecule is Cc1ccc([C@H](C)NC(=O)Cn2cccc2-c2nc(-c3cccc(Cl)c3)no2)cc1. The van der Waals surface area contributed by atoms with Crippen molar-refractivity contribution < 1.29 is 9.32 Å². The van der Waals surface area contributed by atoms with Crippen LogP contribution in [0.15, 0.2) is 71.4 Å². The van der Waals surface area contributed by atoms with E-state index in [9.17, 15) is 4.79 Å². The minimum Gasteiger partial charge on any atom is -0.348 e. The molecule has 1 amide bonds. The maximum atomic E-state index is 12.6. The third-order valence-electron chi connectivity index (χ3n) is 4.83. The molecular weight excluding hydrogens is 400 g/mol. The lowest BCUT2D eigenvalue weighted by Crippen LogP contribution is -2.30. The molecule has 152 valence electrons. The first-order valence-electron chi connectivity index (χ1n) is 9.60. The van der Waals surface area contributed by atoms with Crippen LogP contribution in [0.3, 0.4) is 0 Å². The van der Waals surface area contributed by atoms with Crippen molar-refractivity contribution in [2.45, 2.75) is 26.4 Å². The summed E-state index contributed by atoms with van der Waals surface area (Å²) in [7, 11) is 0. The monoisotopic (exact) mass is 420 g/mol. The van der Waals surface area contributed by atoms with E-state index in [-0.39, 0.29) is 18.5 Å². The number of nitrogens with one attached hydrogen (secondary N) is 1. The molecule has 0 unspecified atom stereocenters. The largest absolute Gasteiger partial charge is 0.348 e. The molecule has 0 bridgehead atoms. The van der Waals surface area contributed by atoms with Gasteiger partial charge in [0.2, 0.25) is 11.7 Å². The van der Waals surface area contributed by atoms with E-state index in [1.807, 2.05) is 68.6 Å². The molecule has 0 aliphatic rings. The maximum Gasteiger partial charge on any atom is 0.274 e. The molecule has 0 saturated heterocycles. The van der Waals surface area contributed by atoms with E-state index in [1.54, 1.807) is 16.7 Å². The van der Waals surface area contributed by atoms with Crippen molar-refractivity contribution in [2.75, 3.05) is 0 Å². The molecule has 0 aliphatic carbocycles. The Labute approximate surface area is 179 Å². The molecule has 4 rings (SSSR count). The average molecular weight is 421 g/mol. The molecule has 1 atom stereocenters. The first-order valence-corrected chi connectivity index (χ1v) is 9.98. The molecule has 0 fully saturated rings. The van der Waals surface area contributed by atoms with Crippen LogP contribution in [0.5, 0.6) is 0 Å². The van der Waals surface area contributed by atoms with Gasteiger partial charge in [-0.1, -0.05) is 58.7 Å². The Morgan fingerprint density at radius 2 is 1.97 bits per heavy atom. The second-order valence-corrected chi connectivity index (χ2v) is 7.59. The molecule has 0 spiro atoms. The van der Waals surface area contributed by atoms with Gasteiger partial charge in [-0.3, -0.25) is 4.79 Å². The van der Waals surface area contributed by atoms with Crippen molar-refractivity contribution in [2.24, 2.45) is 0 Å². The van der Waals surface area contributed by atoms with Crippen molar-refractivity contribution in [3.8, 4) is 23.0 Å². The number of rotatable bonds is 6. The second-order valence-electron chi connectivity index (χ2n) is 7.15. The first-order chi connectivity index (χ1) is 14.5. The van der Waals surface area contributed by atoms with Crippen LogP contribution in [0.4, 0.5) is 0 Å². The zero-order valence-electron chi connectivity index (χ0n) is 16.7. The zero-order valence-corrected chi connectivity index (χ0v) is 17.4. The molecule has 4 aromatic rings. The number of aryl methyl sites for hydroxylation is 1. The molecule has 0 saturated carbocycles. The molecule has 0 radical (unpaired) electrons. The maximum absolute atomic E-state index is 12.6. The van der Waals surface area contributed by atoms with Gasteiger partial charge >= 0.3 is 0 Å². The van der Waals surface area contributed by atoms with Gasteiger partial charge in [-0.2, -0.15) is 4.98 Å². The number of hydrogen-bond donors (Lipinski definition) is 1. The van der Waals surface area contributed by atoms with Crippen LogP contribution in [0.25, 0.3) is 23.0 Å². The van der Waals surface area contributed by atoms with Crippen LogP contribution in [0, 0.1) is 6.92 Å². The smallest absolute Gasteiger partial charge is 0.274 e. The van der Waals surface area contributed by atoms with Crippen molar-refractivity contribution in [3.05, 3.63) is 83.0 Å². The van der Waals surface area contributed by atoms with Crippen LogP contribution < -0.4 is 5.32 Å². The standard InChI is InChI=1S/C23H21ClN4O2/c1-15-8-10-17(11-9-15)16(2)25-21(29)14-28-12-4-7-20(28)23-26-22(27-30-23)18-5-3-6-19(24)13-18/h3-13,16H,14H2,1-2H3,(H,25,29)/t16-/m0/s1. The molecule has 0 aliphatic heterocycles. The summed E-state index contributed by atoms with van der Waals surface area (Å²) in [5, 5.41) is 7.67. The third-order valence-corrected chi connectivity index (χ3v) is 5.06. The number of carbonyl (C=O) groups excluding carboxylic acids is 1. The van der Waals surface area contributed by atoms with E-state index in [0.29, 0.717) is 22.4 Å². The van der Waals surface area contributed by atoms with Crippen molar-refractivity contribution >= 4 is 17.5 Å². The van der Waals surface area contributed by atoms with Crippen LogP contribution in [-0.4, -0.2) is 20.6 Å². The number of nitrogens with zero attached hydrogens (tertiary/aromatic N) is 3. The van der Waals surface area contributed by atoms with E-state index in [4.69, 9.17) is 16.1 Å². The number of amides is 1. The summed E-state index contributed by atoms with van der Waals surface area (Å²) in [4.78, 5) is 17.1.